The summed E-state index contributed by atoms with van der Waals surface area (Å²) in [6.45, 7) is 1.88. The second-order valence-electron chi connectivity index (χ2n) is 12.3. The lowest BCUT2D eigenvalue weighted by Crippen LogP contribution is -2.48. The highest BCUT2D eigenvalue weighted by molar-refractivity contribution is 6.01. The van der Waals surface area contributed by atoms with Crippen LogP contribution in [0.5, 0.6) is 5.75 Å². The molecule has 6 rings (SSSR count). The van der Waals surface area contributed by atoms with Gasteiger partial charge in [-0.2, -0.15) is 26.3 Å². The van der Waals surface area contributed by atoms with E-state index in [2.05, 4.69) is 15.6 Å². The van der Waals surface area contributed by atoms with Crippen LogP contribution in [0.15, 0.2) is 72.3 Å². The zero-order chi connectivity index (χ0) is 36.8. The molecule has 2 saturated carbocycles. The molecular formula is C36H30F7N3O5. The number of allylic oxidation sites excluding steroid dienone is 1. The topological polar surface area (TPSA) is 110 Å². The molecule has 3 N–H and O–H groups in total. The van der Waals surface area contributed by atoms with Crippen molar-refractivity contribution in [3.8, 4) is 16.9 Å². The molecule has 8 nitrogen and oxygen atoms in total. The van der Waals surface area contributed by atoms with E-state index in [1.807, 2.05) is 0 Å². The molecule has 15 heteroatoms. The van der Waals surface area contributed by atoms with Crippen molar-refractivity contribution in [2.45, 2.75) is 38.2 Å². The van der Waals surface area contributed by atoms with Gasteiger partial charge in [0.05, 0.1) is 30.8 Å². The third kappa shape index (κ3) is 7.14. The summed E-state index contributed by atoms with van der Waals surface area (Å²) in [5.41, 5.74) is -0.00551. The molecule has 1 heterocycles. The first-order valence-electron chi connectivity index (χ1n) is 15.8. The van der Waals surface area contributed by atoms with E-state index in [4.69, 9.17) is 9.47 Å². The normalized spacial score (nSPS) is 20.8. The smallest absolute Gasteiger partial charge is 0.419 e. The molecule has 2 amide bonds. The maximum absolute atomic E-state index is 13.9. The number of anilines is 1. The highest BCUT2D eigenvalue weighted by Gasteiger charge is 2.55. The number of carbonyl (C=O) groups is 3. The third-order valence-corrected chi connectivity index (χ3v) is 9.26. The summed E-state index contributed by atoms with van der Waals surface area (Å²) >= 11 is 0. The number of benzene rings is 3. The van der Waals surface area contributed by atoms with Gasteiger partial charge in [-0.05, 0) is 85.3 Å². The van der Waals surface area contributed by atoms with Gasteiger partial charge in [0.25, 0.3) is 5.91 Å². The van der Waals surface area contributed by atoms with Crippen LogP contribution in [0.25, 0.3) is 22.0 Å². The molecule has 2 bridgehead atoms. The van der Waals surface area contributed by atoms with Gasteiger partial charge in [-0.1, -0.05) is 17.7 Å². The number of aromatic amines is 1. The van der Waals surface area contributed by atoms with Crippen LogP contribution >= 0.6 is 0 Å². The SMILES string of the molecule is CCOC(=O)c1cc2cc(-c3ccc(OC)c(C(=O)NC4C5CCC(/C5=C/C(F)(F)F)[C@@H]4C(=O)Nc4ccc(F)c(C(F)(F)F)c4)c3)ccc2[nH]1. The lowest BCUT2D eigenvalue weighted by atomic mass is 9.83. The second-order valence-corrected chi connectivity index (χ2v) is 12.3. The first kappa shape index (κ1) is 35.5. The molecule has 2 aliphatic carbocycles. The number of alkyl halides is 6. The minimum atomic E-state index is -5.07. The van der Waals surface area contributed by atoms with Crippen molar-refractivity contribution in [1.29, 1.82) is 0 Å². The van der Waals surface area contributed by atoms with Gasteiger partial charge < -0.3 is 25.1 Å². The number of nitrogens with one attached hydrogen (secondary N) is 3. The lowest BCUT2D eigenvalue weighted by molar-refractivity contribution is -0.140. The van der Waals surface area contributed by atoms with Crippen LogP contribution in [0.3, 0.4) is 0 Å². The van der Waals surface area contributed by atoms with Gasteiger partial charge in [-0.15, -0.1) is 0 Å². The van der Waals surface area contributed by atoms with Crippen LogP contribution in [0.4, 0.5) is 36.4 Å². The fourth-order valence-corrected chi connectivity index (χ4v) is 7.15. The summed E-state index contributed by atoms with van der Waals surface area (Å²) in [4.78, 5) is 42.7. The van der Waals surface area contributed by atoms with Crippen molar-refractivity contribution in [2.75, 3.05) is 19.0 Å². The van der Waals surface area contributed by atoms with Gasteiger partial charge in [-0.3, -0.25) is 9.59 Å². The molecule has 4 aromatic rings. The Hall–Kier alpha value is -5.34. The van der Waals surface area contributed by atoms with E-state index >= 15 is 0 Å². The number of methoxy groups -OCH3 is 1. The van der Waals surface area contributed by atoms with Crippen LogP contribution in [0, 0.1) is 23.6 Å². The summed E-state index contributed by atoms with van der Waals surface area (Å²) < 4.78 is 105. The van der Waals surface area contributed by atoms with E-state index in [0.29, 0.717) is 34.2 Å². The van der Waals surface area contributed by atoms with Gasteiger partial charge in [0.1, 0.15) is 17.3 Å². The van der Waals surface area contributed by atoms with Crippen molar-refractivity contribution >= 4 is 34.4 Å². The summed E-state index contributed by atoms with van der Waals surface area (Å²) in [6.07, 6.45) is -9.29. The number of esters is 1. The standard InChI is InChI=1S/C36H30F7N3O5/c1-3-51-34(49)28-14-19-12-17(4-10-27(19)45-28)18-5-11-29(50-2)23(13-18)32(47)46-31-22-8-7-21(24(22)16-35(38,39)40)30(31)33(48)44-20-6-9-26(37)25(15-20)36(41,42)43/h4-6,9-16,21-22,30-31,45H,3,7-8H2,1-2H3,(H,44,48)(H,46,47)/b24-16-/t21?,22?,30-,31?/m0/s1. The second kappa shape index (κ2) is 13.4. The largest absolute Gasteiger partial charge is 0.496 e. The highest BCUT2D eigenvalue weighted by Crippen LogP contribution is 2.54. The molecule has 2 fully saturated rings. The van der Waals surface area contributed by atoms with Gasteiger partial charge in [0.2, 0.25) is 5.91 Å². The van der Waals surface area contributed by atoms with Crippen LogP contribution in [0.2, 0.25) is 0 Å². The molecule has 0 spiro atoms. The molecule has 3 aromatic carbocycles. The molecule has 0 aliphatic heterocycles. The van der Waals surface area contributed by atoms with Gasteiger partial charge in [0, 0.05) is 34.6 Å². The van der Waals surface area contributed by atoms with Gasteiger partial charge in [0.15, 0.2) is 0 Å². The predicted molar refractivity (Wildman–Crippen MR) is 171 cm³/mol. The van der Waals surface area contributed by atoms with E-state index in [1.165, 1.54) is 19.2 Å². The zero-order valence-electron chi connectivity index (χ0n) is 27.0. The molecule has 268 valence electrons. The number of hydrogen-bond donors (Lipinski definition) is 3. The Bertz CT molecular complexity index is 2050. The average molecular weight is 718 g/mol. The zero-order valence-corrected chi connectivity index (χ0v) is 27.0. The Morgan fingerprint density at radius 2 is 1.63 bits per heavy atom. The van der Waals surface area contributed by atoms with E-state index in [0.717, 1.165) is 6.07 Å². The summed E-state index contributed by atoms with van der Waals surface area (Å²) in [6, 6.07) is 12.3. The molecule has 51 heavy (non-hydrogen) atoms. The maximum atomic E-state index is 13.9. The van der Waals surface area contributed by atoms with Crippen LogP contribution < -0.4 is 15.4 Å². The first-order valence-corrected chi connectivity index (χ1v) is 15.8. The van der Waals surface area contributed by atoms with E-state index in [9.17, 15) is 45.1 Å². The Kier molecular flexibility index (Phi) is 9.33. The van der Waals surface area contributed by atoms with E-state index in [-0.39, 0.29) is 48.1 Å². The number of hydrogen-bond acceptors (Lipinski definition) is 5. The molecule has 0 saturated heterocycles. The number of halogens is 7. The fraction of sp³-hybridized carbons (Fsp3) is 0.306. The Morgan fingerprint density at radius 3 is 2.31 bits per heavy atom. The minimum Gasteiger partial charge on any atom is -0.496 e. The van der Waals surface area contributed by atoms with Gasteiger partial charge >= 0.3 is 18.3 Å². The van der Waals surface area contributed by atoms with Crippen molar-refractivity contribution in [1.82, 2.24) is 10.3 Å². The average Bonchev–Trinajstić information content (AvgIpc) is 3.75. The Balaban J connectivity index is 1.31. The number of carbonyl (C=O) groups excluding carboxylic acids is 3. The predicted octanol–water partition coefficient (Wildman–Crippen LogP) is 8.06. The number of ether oxygens (including phenoxy) is 2. The fourth-order valence-electron chi connectivity index (χ4n) is 7.15. The maximum Gasteiger partial charge on any atom is 0.419 e. The Morgan fingerprint density at radius 1 is 0.922 bits per heavy atom. The van der Waals surface area contributed by atoms with E-state index < -0.39 is 71.0 Å². The van der Waals surface area contributed by atoms with Crippen molar-refractivity contribution in [3.05, 3.63) is 95.0 Å². The number of amides is 2. The molecule has 0 radical (unpaired) electrons. The molecule has 3 unspecified atom stereocenters. The number of H-pyrrole nitrogens is 1. The number of rotatable bonds is 8. The van der Waals surface area contributed by atoms with Crippen molar-refractivity contribution < 1.29 is 54.6 Å². The first-order chi connectivity index (χ1) is 24.1. The summed E-state index contributed by atoms with van der Waals surface area (Å²) in [5, 5.41) is 5.71. The lowest BCUT2D eigenvalue weighted by Gasteiger charge is -2.30. The van der Waals surface area contributed by atoms with Crippen molar-refractivity contribution in [2.24, 2.45) is 17.8 Å². The highest BCUT2D eigenvalue weighted by atomic mass is 19.4. The number of fused-ring (bicyclic) bond motifs is 3. The summed E-state index contributed by atoms with van der Waals surface area (Å²) in [5.74, 6) is -6.80. The van der Waals surface area contributed by atoms with Crippen LogP contribution in [-0.4, -0.2) is 48.7 Å². The third-order valence-electron chi connectivity index (χ3n) is 9.26. The molecule has 4 atom stereocenters. The van der Waals surface area contributed by atoms with Gasteiger partial charge in [-0.25, -0.2) is 9.18 Å². The Labute approximate surface area is 286 Å². The van der Waals surface area contributed by atoms with Crippen LogP contribution in [0.1, 0.15) is 46.2 Å². The molecular weight excluding hydrogens is 687 g/mol. The van der Waals surface area contributed by atoms with Crippen LogP contribution in [-0.2, 0) is 15.7 Å². The molecule has 1 aromatic heterocycles. The number of aromatic nitrogens is 1. The van der Waals surface area contributed by atoms with Crippen molar-refractivity contribution in [3.63, 3.8) is 0 Å². The quantitative estimate of drug-likeness (QED) is 0.0971. The minimum absolute atomic E-state index is 0.00742. The monoisotopic (exact) mass is 717 g/mol. The van der Waals surface area contributed by atoms with E-state index in [1.54, 1.807) is 37.3 Å². The molecule has 2 aliphatic rings. The summed E-state index contributed by atoms with van der Waals surface area (Å²) in [7, 11) is 1.32.